The highest BCUT2D eigenvalue weighted by Crippen LogP contribution is 2.34. The van der Waals surface area contributed by atoms with Gasteiger partial charge in [0.15, 0.2) is 11.5 Å². The van der Waals surface area contributed by atoms with Crippen LogP contribution in [0.15, 0.2) is 18.2 Å². The molecule has 1 N–H and O–H groups in total. The highest BCUT2D eigenvalue weighted by atomic mass is 16.5. The summed E-state index contributed by atoms with van der Waals surface area (Å²) in [6.07, 6.45) is 7.31. The molecule has 0 aliphatic heterocycles. The molecule has 0 saturated carbocycles. The second-order valence-electron chi connectivity index (χ2n) is 7.32. The molecule has 162 valence electrons. The van der Waals surface area contributed by atoms with Gasteiger partial charge in [0.2, 0.25) is 5.91 Å². The van der Waals surface area contributed by atoms with Gasteiger partial charge in [-0.15, -0.1) is 0 Å². The zero-order valence-corrected chi connectivity index (χ0v) is 18.5. The molecule has 0 fully saturated rings. The first-order chi connectivity index (χ1) is 13.9. The van der Waals surface area contributed by atoms with E-state index >= 15 is 0 Å². The maximum absolute atomic E-state index is 12.2. The van der Waals surface area contributed by atoms with Gasteiger partial charge < -0.3 is 19.5 Å². The van der Waals surface area contributed by atoms with Crippen molar-refractivity contribution in [1.82, 2.24) is 0 Å². The molecule has 29 heavy (non-hydrogen) atoms. The average Bonchev–Trinajstić information content (AvgIpc) is 2.72. The lowest BCUT2D eigenvalue weighted by atomic mass is 10.0. The number of methoxy groups -OCH3 is 2. The minimum atomic E-state index is -0.407. The molecule has 1 rings (SSSR count). The third kappa shape index (κ3) is 8.18. The number of amides is 1. The number of carbonyl (C=O) groups is 2. The van der Waals surface area contributed by atoms with Crippen LogP contribution in [-0.2, 0) is 14.3 Å². The van der Waals surface area contributed by atoms with Crippen molar-refractivity contribution in [3.63, 3.8) is 0 Å². The van der Waals surface area contributed by atoms with Crippen LogP contribution in [0.4, 0.5) is 5.69 Å². The monoisotopic (exact) mass is 405 g/mol. The minimum Gasteiger partial charge on any atom is -0.493 e. The molecule has 6 nitrogen and oxygen atoms in total. The molecule has 0 aromatic heterocycles. The summed E-state index contributed by atoms with van der Waals surface area (Å²) in [5.41, 5.74) is 1.17. The van der Waals surface area contributed by atoms with E-state index in [0.29, 0.717) is 35.3 Å². The second-order valence-corrected chi connectivity index (χ2v) is 7.32. The van der Waals surface area contributed by atoms with Gasteiger partial charge in [-0.25, -0.2) is 4.79 Å². The summed E-state index contributed by atoms with van der Waals surface area (Å²) in [5.74, 6) is 0.668. The van der Waals surface area contributed by atoms with Crippen LogP contribution in [0.3, 0.4) is 0 Å². The van der Waals surface area contributed by atoms with Crippen molar-refractivity contribution in [3.05, 3.63) is 23.8 Å². The molecule has 0 bridgehead atoms. The number of anilines is 1. The molecule has 1 aromatic carbocycles. The zero-order valence-electron chi connectivity index (χ0n) is 18.5. The predicted octanol–water partition coefficient (Wildman–Crippen LogP) is 5.07. The van der Waals surface area contributed by atoms with Crippen molar-refractivity contribution in [2.75, 3.05) is 26.1 Å². The topological polar surface area (TPSA) is 73.9 Å². The van der Waals surface area contributed by atoms with E-state index in [2.05, 4.69) is 19.2 Å². The van der Waals surface area contributed by atoms with Crippen LogP contribution >= 0.6 is 0 Å². The Hall–Kier alpha value is -2.50. The fourth-order valence-corrected chi connectivity index (χ4v) is 2.72. The Kier molecular flexibility index (Phi) is 10.9. The summed E-state index contributed by atoms with van der Waals surface area (Å²) in [7, 11) is 3.06. The van der Waals surface area contributed by atoms with Crippen molar-refractivity contribution >= 4 is 23.6 Å². The molecule has 1 aromatic rings. The zero-order chi connectivity index (χ0) is 21.8. The second kappa shape index (κ2) is 12.9. The van der Waals surface area contributed by atoms with E-state index in [9.17, 15) is 9.59 Å². The summed E-state index contributed by atoms with van der Waals surface area (Å²) in [5, 5.41) is 2.86. The number of ether oxygens (including phenoxy) is 3. The van der Waals surface area contributed by atoms with Crippen LogP contribution in [0.25, 0.3) is 6.08 Å². The van der Waals surface area contributed by atoms with E-state index < -0.39 is 5.97 Å². The molecule has 0 aliphatic rings. The number of esters is 1. The number of hydrogen-bond acceptors (Lipinski definition) is 5. The summed E-state index contributed by atoms with van der Waals surface area (Å²) in [6, 6.07) is 3.40. The van der Waals surface area contributed by atoms with Gasteiger partial charge in [0.05, 0.1) is 26.5 Å². The van der Waals surface area contributed by atoms with Crippen LogP contribution in [0.1, 0.15) is 58.9 Å². The van der Waals surface area contributed by atoms with Crippen LogP contribution in [-0.4, -0.2) is 32.7 Å². The van der Waals surface area contributed by atoms with Crippen molar-refractivity contribution in [2.24, 2.45) is 11.8 Å². The lowest BCUT2D eigenvalue weighted by Gasteiger charge is -2.15. The number of rotatable bonds is 12. The molecular weight excluding hydrogens is 370 g/mol. The first-order valence-electron chi connectivity index (χ1n) is 10.3. The molecule has 6 heteroatoms. The fourth-order valence-electron chi connectivity index (χ4n) is 2.72. The van der Waals surface area contributed by atoms with Gasteiger partial charge in [-0.05, 0) is 24.5 Å². The van der Waals surface area contributed by atoms with E-state index in [1.54, 1.807) is 18.2 Å². The first kappa shape index (κ1) is 24.5. The Morgan fingerprint density at radius 3 is 2.31 bits per heavy atom. The quantitative estimate of drug-likeness (QED) is 0.388. The van der Waals surface area contributed by atoms with Gasteiger partial charge in [0.1, 0.15) is 0 Å². The normalized spacial score (nSPS) is 12.1. The van der Waals surface area contributed by atoms with Gasteiger partial charge in [-0.2, -0.15) is 0 Å². The number of benzene rings is 1. The van der Waals surface area contributed by atoms with E-state index in [1.807, 2.05) is 13.8 Å². The molecule has 1 unspecified atom stereocenters. The highest BCUT2D eigenvalue weighted by molar-refractivity contribution is 5.96. The van der Waals surface area contributed by atoms with Crippen LogP contribution in [0.5, 0.6) is 11.5 Å². The van der Waals surface area contributed by atoms with E-state index in [1.165, 1.54) is 20.3 Å². The Morgan fingerprint density at radius 1 is 1.10 bits per heavy atom. The number of hydrogen-bond donors (Lipinski definition) is 1. The van der Waals surface area contributed by atoms with Gasteiger partial charge >= 0.3 is 5.97 Å². The summed E-state index contributed by atoms with van der Waals surface area (Å²) >= 11 is 0. The molecular formula is C23H35NO5. The Bertz CT molecular complexity index is 697. The van der Waals surface area contributed by atoms with Crippen molar-refractivity contribution in [1.29, 1.82) is 0 Å². The minimum absolute atomic E-state index is 0.129. The molecule has 0 spiro atoms. The van der Waals surface area contributed by atoms with Crippen molar-refractivity contribution in [3.8, 4) is 11.5 Å². The molecule has 0 aliphatic carbocycles. The van der Waals surface area contributed by atoms with Crippen LogP contribution in [0.2, 0.25) is 0 Å². The predicted molar refractivity (Wildman–Crippen MR) is 116 cm³/mol. The number of nitrogens with one attached hydrogen (secondary N) is 1. The summed E-state index contributed by atoms with van der Waals surface area (Å²) in [4.78, 5) is 24.3. The molecule has 1 atom stereocenters. The average molecular weight is 406 g/mol. The van der Waals surface area contributed by atoms with E-state index in [-0.39, 0.29) is 11.8 Å². The van der Waals surface area contributed by atoms with Crippen molar-refractivity contribution in [2.45, 2.75) is 53.4 Å². The highest BCUT2D eigenvalue weighted by Gasteiger charge is 2.14. The Morgan fingerprint density at radius 2 is 1.76 bits per heavy atom. The Balaban J connectivity index is 2.96. The van der Waals surface area contributed by atoms with Crippen LogP contribution < -0.4 is 14.8 Å². The summed E-state index contributed by atoms with van der Waals surface area (Å²) in [6.45, 7) is 8.30. The molecule has 1 amide bonds. The lowest BCUT2D eigenvalue weighted by Crippen LogP contribution is -2.18. The number of unbranched alkanes of at least 4 members (excludes halogenated alkanes) is 1. The lowest BCUT2D eigenvalue weighted by molar-refractivity contribution is -0.139. The van der Waals surface area contributed by atoms with E-state index in [4.69, 9.17) is 14.2 Å². The van der Waals surface area contributed by atoms with Gasteiger partial charge in [-0.3, -0.25) is 4.79 Å². The van der Waals surface area contributed by atoms with E-state index in [0.717, 1.165) is 25.7 Å². The maximum atomic E-state index is 12.2. The maximum Gasteiger partial charge on any atom is 0.330 e. The third-order valence-corrected chi connectivity index (χ3v) is 4.74. The van der Waals surface area contributed by atoms with Crippen molar-refractivity contribution < 1.29 is 23.8 Å². The molecule has 0 saturated heterocycles. The molecule has 0 radical (unpaired) electrons. The Labute approximate surface area is 174 Å². The van der Waals surface area contributed by atoms with Gasteiger partial charge in [-0.1, -0.05) is 47.0 Å². The SMILES string of the molecule is CCCCC(CC)COC(=O)/C=C/c1cc(OC)c(OC)cc1NC(=O)C(C)C. The van der Waals surface area contributed by atoms with Crippen LogP contribution in [0, 0.1) is 11.8 Å². The fraction of sp³-hybridized carbons (Fsp3) is 0.565. The summed E-state index contributed by atoms with van der Waals surface area (Å²) < 4.78 is 16.1. The number of carbonyl (C=O) groups excluding carboxylic acids is 2. The largest absolute Gasteiger partial charge is 0.493 e. The third-order valence-electron chi connectivity index (χ3n) is 4.74. The first-order valence-corrected chi connectivity index (χ1v) is 10.3. The smallest absolute Gasteiger partial charge is 0.330 e. The van der Waals surface area contributed by atoms with Gasteiger partial charge in [0.25, 0.3) is 0 Å². The standard InChI is InChI=1S/C23H35NO5/c1-7-9-10-17(8-2)15-29-22(25)12-11-18-13-20(27-5)21(28-6)14-19(18)24-23(26)16(3)4/h11-14,16-17H,7-10,15H2,1-6H3,(H,24,26)/b12-11+. The van der Waals surface area contributed by atoms with Gasteiger partial charge in [0, 0.05) is 23.6 Å². The molecule has 0 heterocycles.